The molecule has 6 nitrogen and oxygen atoms in total. The molecule has 2 heterocycles. The Morgan fingerprint density at radius 3 is 2.52 bits per heavy atom. The molecule has 0 bridgehead atoms. The van der Waals surface area contributed by atoms with Crippen molar-refractivity contribution in [1.82, 2.24) is 14.9 Å². The normalized spacial score (nSPS) is 16.7. The number of piperazine rings is 1. The van der Waals surface area contributed by atoms with E-state index < -0.39 is 18.8 Å². The van der Waals surface area contributed by atoms with E-state index in [0.29, 0.717) is 48.4 Å². The SMILES string of the molecule is Cc1cc(Cl)cc(C(O)CNc2cc(N3CCN(CC(F)(F)F)CC3)ncn2)c1. The van der Waals surface area contributed by atoms with Crippen molar-refractivity contribution >= 4 is 23.2 Å². The Balaban J connectivity index is 1.56. The number of aliphatic hydroxyl groups is 1. The quantitative estimate of drug-likeness (QED) is 0.734. The molecule has 0 saturated carbocycles. The third-order valence-corrected chi connectivity index (χ3v) is 4.90. The Bertz CT molecular complexity index is 807. The van der Waals surface area contributed by atoms with E-state index in [1.54, 1.807) is 12.1 Å². The Hall–Kier alpha value is -2.10. The first-order valence-corrected chi connectivity index (χ1v) is 9.62. The highest BCUT2D eigenvalue weighted by Crippen LogP contribution is 2.22. The Morgan fingerprint density at radius 2 is 1.86 bits per heavy atom. The van der Waals surface area contributed by atoms with E-state index in [0.717, 1.165) is 5.56 Å². The van der Waals surface area contributed by atoms with Gasteiger partial charge in [-0.05, 0) is 30.2 Å². The number of hydrogen-bond donors (Lipinski definition) is 2. The van der Waals surface area contributed by atoms with Crippen LogP contribution in [-0.4, -0.2) is 65.4 Å². The van der Waals surface area contributed by atoms with E-state index in [-0.39, 0.29) is 6.54 Å². The zero-order valence-electron chi connectivity index (χ0n) is 16.0. The highest BCUT2D eigenvalue weighted by Gasteiger charge is 2.32. The van der Waals surface area contributed by atoms with Gasteiger partial charge in [-0.15, -0.1) is 0 Å². The third-order valence-electron chi connectivity index (χ3n) is 4.68. The van der Waals surface area contributed by atoms with Crippen LogP contribution in [-0.2, 0) is 0 Å². The minimum atomic E-state index is -4.18. The van der Waals surface area contributed by atoms with Crippen LogP contribution >= 0.6 is 11.6 Å². The molecule has 0 radical (unpaired) electrons. The molecular formula is C19H23ClF3N5O. The number of hydrogen-bond acceptors (Lipinski definition) is 6. The summed E-state index contributed by atoms with van der Waals surface area (Å²) in [6.45, 7) is 2.79. The fraction of sp³-hybridized carbons (Fsp3) is 0.474. The first-order valence-electron chi connectivity index (χ1n) is 9.25. The van der Waals surface area contributed by atoms with Gasteiger partial charge in [0.05, 0.1) is 12.6 Å². The van der Waals surface area contributed by atoms with Crippen molar-refractivity contribution < 1.29 is 18.3 Å². The van der Waals surface area contributed by atoms with E-state index in [1.165, 1.54) is 11.2 Å². The van der Waals surface area contributed by atoms with Gasteiger partial charge >= 0.3 is 6.18 Å². The van der Waals surface area contributed by atoms with Crippen molar-refractivity contribution in [1.29, 1.82) is 0 Å². The number of aromatic nitrogens is 2. The molecule has 0 amide bonds. The monoisotopic (exact) mass is 429 g/mol. The number of anilines is 2. The predicted octanol–water partition coefficient (Wildman–Crippen LogP) is 3.27. The number of alkyl halides is 3. The molecule has 1 aromatic heterocycles. The molecule has 1 atom stereocenters. The van der Waals surface area contributed by atoms with E-state index in [1.807, 2.05) is 24.0 Å². The number of nitrogens with zero attached hydrogens (tertiary/aromatic N) is 4. The largest absolute Gasteiger partial charge is 0.401 e. The van der Waals surface area contributed by atoms with Crippen molar-refractivity contribution in [3.63, 3.8) is 0 Å². The van der Waals surface area contributed by atoms with Crippen molar-refractivity contribution in [3.8, 4) is 0 Å². The number of nitrogens with one attached hydrogen (secondary N) is 1. The van der Waals surface area contributed by atoms with E-state index >= 15 is 0 Å². The van der Waals surface area contributed by atoms with Gasteiger partial charge in [0, 0.05) is 43.8 Å². The standard InChI is InChI=1S/C19H23ClF3N5O/c1-13-6-14(8-15(20)7-13)16(29)10-24-17-9-18(26-12-25-17)28-4-2-27(3-5-28)11-19(21,22)23/h6-9,12,16,29H,2-5,10-11H2,1H3,(H,24,25,26). The lowest BCUT2D eigenvalue weighted by molar-refractivity contribution is -0.146. The number of aryl methyl sites for hydroxylation is 1. The van der Waals surface area contributed by atoms with Crippen LogP contribution in [0.4, 0.5) is 24.8 Å². The van der Waals surface area contributed by atoms with Crippen LogP contribution < -0.4 is 10.2 Å². The van der Waals surface area contributed by atoms with E-state index in [9.17, 15) is 18.3 Å². The van der Waals surface area contributed by atoms with E-state index in [2.05, 4.69) is 15.3 Å². The second-order valence-electron chi connectivity index (χ2n) is 7.10. The minimum absolute atomic E-state index is 0.232. The van der Waals surface area contributed by atoms with Crippen LogP contribution in [0.3, 0.4) is 0 Å². The molecule has 158 valence electrons. The van der Waals surface area contributed by atoms with Gasteiger partial charge in [0.15, 0.2) is 0 Å². The number of aliphatic hydroxyl groups excluding tert-OH is 1. The molecule has 1 unspecified atom stereocenters. The highest BCUT2D eigenvalue weighted by molar-refractivity contribution is 6.30. The van der Waals surface area contributed by atoms with Crippen LogP contribution in [0.1, 0.15) is 17.2 Å². The van der Waals surface area contributed by atoms with Gasteiger partial charge in [-0.2, -0.15) is 13.2 Å². The first kappa shape index (κ1) is 21.6. The fourth-order valence-corrected chi connectivity index (χ4v) is 3.58. The smallest absolute Gasteiger partial charge is 0.387 e. The summed E-state index contributed by atoms with van der Waals surface area (Å²) in [4.78, 5) is 11.7. The molecule has 0 spiro atoms. The number of rotatable bonds is 6. The molecule has 1 aliphatic heterocycles. The molecule has 1 saturated heterocycles. The predicted molar refractivity (Wildman–Crippen MR) is 106 cm³/mol. The molecule has 1 aromatic carbocycles. The molecular weight excluding hydrogens is 407 g/mol. The molecule has 0 aliphatic carbocycles. The van der Waals surface area contributed by atoms with Crippen LogP contribution in [0, 0.1) is 6.92 Å². The van der Waals surface area contributed by atoms with Crippen LogP contribution in [0.15, 0.2) is 30.6 Å². The minimum Gasteiger partial charge on any atom is -0.387 e. The van der Waals surface area contributed by atoms with Crippen molar-refractivity contribution in [2.75, 3.05) is 49.5 Å². The second-order valence-corrected chi connectivity index (χ2v) is 7.53. The maximum absolute atomic E-state index is 12.5. The molecule has 1 fully saturated rings. The molecule has 10 heteroatoms. The molecule has 2 aromatic rings. The van der Waals surface area contributed by atoms with E-state index in [4.69, 9.17) is 11.6 Å². The summed E-state index contributed by atoms with van der Waals surface area (Å²) in [6, 6.07) is 7.13. The summed E-state index contributed by atoms with van der Waals surface area (Å²) in [5, 5.41) is 14.0. The maximum atomic E-state index is 12.5. The summed E-state index contributed by atoms with van der Waals surface area (Å²) in [5.41, 5.74) is 1.66. The molecule has 1 aliphatic rings. The van der Waals surface area contributed by atoms with Gasteiger partial charge < -0.3 is 15.3 Å². The zero-order valence-corrected chi connectivity index (χ0v) is 16.7. The summed E-state index contributed by atoms with van der Waals surface area (Å²) >= 11 is 6.04. The van der Waals surface area contributed by atoms with Gasteiger partial charge in [0.1, 0.15) is 18.0 Å². The zero-order chi connectivity index (χ0) is 21.0. The van der Waals surface area contributed by atoms with Gasteiger partial charge in [-0.1, -0.05) is 17.7 Å². The van der Waals surface area contributed by atoms with Crippen molar-refractivity contribution in [3.05, 3.63) is 46.7 Å². The summed E-state index contributed by atoms with van der Waals surface area (Å²) in [5.74, 6) is 1.17. The third kappa shape index (κ3) is 6.45. The fourth-order valence-electron chi connectivity index (χ4n) is 3.28. The lowest BCUT2D eigenvalue weighted by atomic mass is 10.1. The first-order chi connectivity index (χ1) is 13.7. The second kappa shape index (κ2) is 9.15. The van der Waals surface area contributed by atoms with Gasteiger partial charge in [0.25, 0.3) is 0 Å². The van der Waals surface area contributed by atoms with Gasteiger partial charge in [-0.25, -0.2) is 9.97 Å². The number of benzene rings is 1. The number of halogens is 4. The lowest BCUT2D eigenvalue weighted by Gasteiger charge is -2.35. The van der Waals surface area contributed by atoms with Crippen LogP contribution in [0.5, 0.6) is 0 Å². The highest BCUT2D eigenvalue weighted by atomic mass is 35.5. The van der Waals surface area contributed by atoms with Crippen molar-refractivity contribution in [2.24, 2.45) is 0 Å². The average molecular weight is 430 g/mol. The van der Waals surface area contributed by atoms with Crippen LogP contribution in [0.2, 0.25) is 5.02 Å². The van der Waals surface area contributed by atoms with Gasteiger partial charge in [0.2, 0.25) is 0 Å². The van der Waals surface area contributed by atoms with Crippen molar-refractivity contribution in [2.45, 2.75) is 19.2 Å². The summed E-state index contributed by atoms with van der Waals surface area (Å²) < 4.78 is 37.6. The summed E-state index contributed by atoms with van der Waals surface area (Å²) in [6.07, 6.45) is -3.55. The molecule has 2 N–H and O–H groups in total. The Labute approximate surface area is 172 Å². The maximum Gasteiger partial charge on any atom is 0.401 e. The van der Waals surface area contributed by atoms with Crippen LogP contribution in [0.25, 0.3) is 0 Å². The van der Waals surface area contributed by atoms with Gasteiger partial charge in [-0.3, -0.25) is 4.90 Å². The average Bonchev–Trinajstić information content (AvgIpc) is 2.65. The Kier molecular flexibility index (Phi) is 6.81. The molecule has 29 heavy (non-hydrogen) atoms. The Morgan fingerprint density at radius 1 is 1.14 bits per heavy atom. The molecule has 3 rings (SSSR count). The summed E-state index contributed by atoms with van der Waals surface area (Å²) in [7, 11) is 0. The topological polar surface area (TPSA) is 64.5 Å². The lowest BCUT2D eigenvalue weighted by Crippen LogP contribution is -2.49.